The van der Waals surface area contributed by atoms with Crippen LogP contribution < -0.4 is 10.6 Å². The van der Waals surface area contributed by atoms with Crippen LogP contribution in [-0.4, -0.2) is 53.5 Å². The first-order chi connectivity index (χ1) is 13.0. The maximum absolute atomic E-state index is 12.8. The molecule has 2 amide bonds. The molecule has 0 saturated carbocycles. The van der Waals surface area contributed by atoms with Gasteiger partial charge in [-0.15, -0.1) is 0 Å². The molecule has 27 heavy (non-hydrogen) atoms. The number of nitrogens with one attached hydrogen (secondary N) is 2. The summed E-state index contributed by atoms with van der Waals surface area (Å²) >= 11 is 6.13. The molecule has 7 nitrogen and oxygen atoms in total. The average Bonchev–Trinajstić information content (AvgIpc) is 3.03. The predicted octanol–water partition coefficient (Wildman–Crippen LogP) is 2.42. The van der Waals surface area contributed by atoms with E-state index in [0.29, 0.717) is 35.3 Å². The average molecular weight is 390 g/mol. The summed E-state index contributed by atoms with van der Waals surface area (Å²) in [6.07, 6.45) is 2.66. The third kappa shape index (κ3) is 4.48. The zero-order chi connectivity index (χ0) is 19.4. The number of likely N-dealkylation sites (N-methyl/N-ethyl adjacent to an activating group) is 1. The summed E-state index contributed by atoms with van der Waals surface area (Å²) in [6.45, 7) is 1.95. The van der Waals surface area contributed by atoms with Crippen molar-refractivity contribution < 1.29 is 9.59 Å². The Morgan fingerprint density at radius 2 is 2.00 bits per heavy atom. The molecule has 2 aromatic rings. The number of benzene rings is 1. The minimum atomic E-state index is -0.346. The lowest BCUT2D eigenvalue weighted by molar-refractivity contribution is 0.0935. The van der Waals surface area contributed by atoms with E-state index in [-0.39, 0.29) is 11.8 Å². The molecule has 144 valence electrons. The highest BCUT2D eigenvalue weighted by atomic mass is 35.5. The first-order valence-electron chi connectivity index (χ1n) is 9.05. The molecule has 0 atom stereocenters. The standard InChI is InChI=1S/C19H24ClN5O2/c1-24(2)12-10-21-19(27)17-23-16(15-9-5-6-11-25(15)17)18(26)22-14-8-4-3-7-13(14)20/h3-4,7-8H,5-6,9-12H2,1-2H3,(H,21,27)(H,22,26). The summed E-state index contributed by atoms with van der Waals surface area (Å²) in [7, 11) is 3.89. The van der Waals surface area contributed by atoms with Crippen molar-refractivity contribution in [2.75, 3.05) is 32.5 Å². The maximum Gasteiger partial charge on any atom is 0.287 e. The van der Waals surface area contributed by atoms with Gasteiger partial charge in [-0.05, 0) is 45.5 Å². The summed E-state index contributed by atoms with van der Waals surface area (Å²) in [4.78, 5) is 31.8. The number of para-hydroxylation sites is 1. The minimum absolute atomic E-state index is 0.253. The van der Waals surface area contributed by atoms with Gasteiger partial charge in [-0.3, -0.25) is 9.59 Å². The Labute approximate surface area is 163 Å². The fourth-order valence-corrected chi connectivity index (χ4v) is 3.30. The number of hydrogen-bond acceptors (Lipinski definition) is 4. The van der Waals surface area contributed by atoms with Gasteiger partial charge in [-0.25, -0.2) is 4.98 Å². The molecule has 1 aromatic carbocycles. The van der Waals surface area contributed by atoms with E-state index < -0.39 is 0 Å². The predicted molar refractivity (Wildman–Crippen MR) is 105 cm³/mol. The van der Waals surface area contributed by atoms with Crippen molar-refractivity contribution in [1.82, 2.24) is 19.8 Å². The zero-order valence-electron chi connectivity index (χ0n) is 15.6. The van der Waals surface area contributed by atoms with Gasteiger partial charge in [-0.1, -0.05) is 23.7 Å². The molecule has 0 saturated heterocycles. The fraction of sp³-hybridized carbons (Fsp3) is 0.421. The van der Waals surface area contributed by atoms with Gasteiger partial charge in [-0.2, -0.15) is 0 Å². The number of anilines is 1. The molecule has 8 heteroatoms. The lowest BCUT2D eigenvalue weighted by Crippen LogP contribution is -2.33. The van der Waals surface area contributed by atoms with Crippen LogP contribution >= 0.6 is 11.6 Å². The SMILES string of the molecule is CN(C)CCNC(=O)c1nc(C(=O)Nc2ccccc2Cl)c2n1CCCC2. The van der Waals surface area contributed by atoms with Gasteiger partial charge >= 0.3 is 0 Å². The van der Waals surface area contributed by atoms with Crippen molar-refractivity contribution in [1.29, 1.82) is 0 Å². The maximum atomic E-state index is 12.8. The minimum Gasteiger partial charge on any atom is -0.348 e. The molecule has 3 rings (SSSR count). The fourth-order valence-electron chi connectivity index (χ4n) is 3.11. The Kier molecular flexibility index (Phi) is 6.13. The van der Waals surface area contributed by atoms with E-state index in [2.05, 4.69) is 15.6 Å². The normalized spacial score (nSPS) is 13.3. The van der Waals surface area contributed by atoms with Gasteiger partial charge in [0, 0.05) is 19.6 Å². The van der Waals surface area contributed by atoms with E-state index in [1.54, 1.807) is 24.3 Å². The van der Waals surface area contributed by atoms with Crippen LogP contribution in [0.2, 0.25) is 5.02 Å². The number of imidazole rings is 1. The first-order valence-corrected chi connectivity index (χ1v) is 9.43. The van der Waals surface area contributed by atoms with Crippen LogP contribution in [0.1, 0.15) is 39.6 Å². The number of fused-ring (bicyclic) bond motifs is 1. The molecule has 2 heterocycles. The highest BCUT2D eigenvalue weighted by Gasteiger charge is 2.27. The monoisotopic (exact) mass is 389 g/mol. The molecule has 0 radical (unpaired) electrons. The molecule has 0 aliphatic carbocycles. The van der Waals surface area contributed by atoms with E-state index in [1.807, 2.05) is 23.6 Å². The van der Waals surface area contributed by atoms with Crippen molar-refractivity contribution in [2.45, 2.75) is 25.8 Å². The largest absolute Gasteiger partial charge is 0.348 e. The van der Waals surface area contributed by atoms with Crippen molar-refractivity contribution in [3.05, 3.63) is 46.5 Å². The Morgan fingerprint density at radius 1 is 1.22 bits per heavy atom. The van der Waals surface area contributed by atoms with Gasteiger partial charge in [0.1, 0.15) is 0 Å². The van der Waals surface area contributed by atoms with Crippen molar-refractivity contribution in [2.24, 2.45) is 0 Å². The summed E-state index contributed by atoms with van der Waals surface area (Å²) in [5.41, 5.74) is 1.63. The number of hydrogen-bond donors (Lipinski definition) is 2. The molecule has 0 fully saturated rings. The van der Waals surface area contributed by atoms with Crippen LogP contribution in [0.4, 0.5) is 5.69 Å². The second-order valence-electron chi connectivity index (χ2n) is 6.83. The summed E-state index contributed by atoms with van der Waals surface area (Å²) in [6, 6.07) is 7.04. The van der Waals surface area contributed by atoms with Gasteiger partial charge in [0.15, 0.2) is 11.5 Å². The van der Waals surface area contributed by atoms with Crippen LogP contribution in [-0.2, 0) is 13.0 Å². The molecule has 1 aromatic heterocycles. The molecule has 1 aliphatic heterocycles. The van der Waals surface area contributed by atoms with Crippen LogP contribution in [0.5, 0.6) is 0 Å². The molecule has 0 unspecified atom stereocenters. The zero-order valence-corrected chi connectivity index (χ0v) is 16.3. The van der Waals surface area contributed by atoms with Gasteiger partial charge < -0.3 is 20.1 Å². The van der Waals surface area contributed by atoms with E-state index in [0.717, 1.165) is 31.5 Å². The Morgan fingerprint density at radius 3 is 2.74 bits per heavy atom. The molecule has 0 bridgehead atoms. The quantitative estimate of drug-likeness (QED) is 0.795. The van der Waals surface area contributed by atoms with Crippen LogP contribution in [0.3, 0.4) is 0 Å². The van der Waals surface area contributed by atoms with Crippen LogP contribution in [0.15, 0.2) is 24.3 Å². The molecule has 1 aliphatic rings. The summed E-state index contributed by atoms with van der Waals surface area (Å²) in [5, 5.41) is 6.14. The Balaban J connectivity index is 1.83. The number of rotatable bonds is 6. The Bertz CT molecular complexity index is 847. The lowest BCUT2D eigenvalue weighted by Gasteiger charge is -2.17. The molecule has 2 N–H and O–H groups in total. The number of carbonyl (C=O) groups excluding carboxylic acids is 2. The highest BCUT2D eigenvalue weighted by molar-refractivity contribution is 6.33. The van der Waals surface area contributed by atoms with E-state index in [4.69, 9.17) is 11.6 Å². The topological polar surface area (TPSA) is 79.3 Å². The summed E-state index contributed by atoms with van der Waals surface area (Å²) in [5.74, 6) is -0.300. The third-order valence-corrected chi connectivity index (χ3v) is 4.83. The summed E-state index contributed by atoms with van der Waals surface area (Å²) < 4.78 is 1.87. The number of aromatic nitrogens is 2. The highest BCUT2D eigenvalue weighted by Crippen LogP contribution is 2.24. The molecular formula is C19H24ClN5O2. The smallest absolute Gasteiger partial charge is 0.287 e. The van der Waals surface area contributed by atoms with Crippen molar-refractivity contribution in [3.8, 4) is 0 Å². The van der Waals surface area contributed by atoms with E-state index in [1.165, 1.54) is 0 Å². The molecular weight excluding hydrogens is 366 g/mol. The van der Waals surface area contributed by atoms with E-state index in [9.17, 15) is 9.59 Å². The number of carbonyl (C=O) groups is 2. The number of amides is 2. The first kappa shape index (κ1) is 19.4. The third-order valence-electron chi connectivity index (χ3n) is 4.50. The van der Waals surface area contributed by atoms with Gasteiger partial charge in [0.05, 0.1) is 16.4 Å². The van der Waals surface area contributed by atoms with E-state index >= 15 is 0 Å². The van der Waals surface area contributed by atoms with Gasteiger partial charge in [0.2, 0.25) is 0 Å². The van der Waals surface area contributed by atoms with Gasteiger partial charge in [0.25, 0.3) is 11.8 Å². The second kappa shape index (κ2) is 8.54. The lowest BCUT2D eigenvalue weighted by atomic mass is 10.1. The Hall–Kier alpha value is -2.38. The van der Waals surface area contributed by atoms with Crippen LogP contribution in [0.25, 0.3) is 0 Å². The van der Waals surface area contributed by atoms with Crippen molar-refractivity contribution in [3.63, 3.8) is 0 Å². The van der Waals surface area contributed by atoms with Crippen LogP contribution in [0, 0.1) is 0 Å². The van der Waals surface area contributed by atoms with Crippen molar-refractivity contribution >= 4 is 29.1 Å². The second-order valence-corrected chi connectivity index (χ2v) is 7.24. The number of nitrogens with zero attached hydrogens (tertiary/aromatic N) is 3. The molecule has 0 spiro atoms. The number of halogens is 1.